The van der Waals surface area contributed by atoms with Crippen LogP contribution in [0.5, 0.6) is 5.75 Å². The van der Waals surface area contributed by atoms with Crippen molar-refractivity contribution < 1.29 is 19.2 Å². The van der Waals surface area contributed by atoms with Gasteiger partial charge in [0.15, 0.2) is 6.61 Å². The average molecular weight is 717 g/mol. The molecule has 2 amide bonds. The summed E-state index contributed by atoms with van der Waals surface area (Å²) in [6.45, 7) is 4.62. The van der Waals surface area contributed by atoms with Crippen molar-refractivity contribution >= 4 is 28.6 Å². The van der Waals surface area contributed by atoms with E-state index in [1.165, 1.54) is 16.0 Å². The van der Waals surface area contributed by atoms with Crippen LogP contribution < -0.4 is 4.74 Å². The Labute approximate surface area is 315 Å². The lowest BCUT2D eigenvalue weighted by atomic mass is 9.75. The van der Waals surface area contributed by atoms with Crippen molar-refractivity contribution in [2.75, 3.05) is 13.2 Å². The van der Waals surface area contributed by atoms with Crippen molar-refractivity contribution in [1.29, 1.82) is 0 Å². The Morgan fingerprint density at radius 2 is 1.17 bits per heavy atom. The Balaban J connectivity index is 0.983. The summed E-state index contributed by atoms with van der Waals surface area (Å²) in [5.41, 5.74) is 7.70. The van der Waals surface area contributed by atoms with Gasteiger partial charge < -0.3 is 9.57 Å². The van der Waals surface area contributed by atoms with Crippen molar-refractivity contribution in [2.24, 2.45) is 5.16 Å². The highest BCUT2D eigenvalue weighted by Crippen LogP contribution is 2.47. The first kappa shape index (κ1) is 35.5. The lowest BCUT2D eigenvalue weighted by molar-refractivity contribution is -0.129. The monoisotopic (exact) mass is 716 g/mol. The standard InChI is InChI=1S/C46H40N2O4S/c1-33-18-22-37(23-19-33)38-26-24-36(25-27-38)34(2)47-52-31-30-51-42-28-20-35(21-29-42)32-43-44(49)48(45(50)53-43)46(39-12-6-3-7-13-39,40-14-8-4-9-15-40)41-16-10-5-11-17-41/h3-29,43H,30-32H2,1-2H3. The summed E-state index contributed by atoms with van der Waals surface area (Å²) in [5.74, 6) is 0.469. The third-order valence-corrected chi connectivity index (χ3v) is 10.5. The number of aryl methyl sites for hydroxylation is 1. The normalized spacial score (nSPS) is 14.7. The summed E-state index contributed by atoms with van der Waals surface area (Å²) in [6.07, 6.45) is 0.406. The summed E-state index contributed by atoms with van der Waals surface area (Å²) in [5, 5.41) is 3.44. The molecule has 0 spiro atoms. The lowest BCUT2D eigenvalue weighted by Gasteiger charge is -2.42. The Morgan fingerprint density at radius 3 is 1.70 bits per heavy atom. The molecule has 0 aliphatic carbocycles. The quantitative estimate of drug-likeness (QED) is 0.0515. The SMILES string of the molecule is CC(=NOCCOc1ccc(CC2SC(=O)N(C(c3ccccc3)(c3ccccc3)c3ccccc3)C2=O)cc1)c1ccc(-c2ccc(C)cc2)cc1. The average Bonchev–Trinajstić information content (AvgIpc) is 3.48. The van der Waals surface area contributed by atoms with Gasteiger partial charge >= 0.3 is 0 Å². The van der Waals surface area contributed by atoms with Gasteiger partial charge in [-0.05, 0) is 71.3 Å². The molecule has 7 rings (SSSR count). The summed E-state index contributed by atoms with van der Waals surface area (Å²) >= 11 is 1.09. The molecule has 6 aromatic rings. The maximum absolute atomic E-state index is 14.4. The predicted molar refractivity (Wildman–Crippen MR) is 213 cm³/mol. The van der Waals surface area contributed by atoms with Crippen LogP contribution in [0.25, 0.3) is 11.1 Å². The maximum atomic E-state index is 14.4. The highest BCUT2D eigenvalue weighted by Gasteiger charge is 2.53. The van der Waals surface area contributed by atoms with E-state index in [1.54, 1.807) is 0 Å². The molecular formula is C46H40N2O4S. The van der Waals surface area contributed by atoms with E-state index >= 15 is 0 Å². The molecule has 1 unspecified atom stereocenters. The van der Waals surface area contributed by atoms with Gasteiger partial charge in [0.05, 0.1) is 11.0 Å². The smallest absolute Gasteiger partial charge is 0.290 e. The van der Waals surface area contributed by atoms with Crippen LogP contribution in [-0.4, -0.2) is 40.2 Å². The molecule has 1 aliphatic rings. The Kier molecular flexibility index (Phi) is 10.8. The van der Waals surface area contributed by atoms with Crippen molar-refractivity contribution in [2.45, 2.75) is 31.1 Å². The van der Waals surface area contributed by atoms with E-state index in [1.807, 2.05) is 134 Å². The number of hydrogen-bond acceptors (Lipinski definition) is 6. The van der Waals surface area contributed by atoms with Gasteiger partial charge in [-0.1, -0.05) is 174 Å². The van der Waals surface area contributed by atoms with E-state index in [-0.39, 0.29) is 17.8 Å². The van der Waals surface area contributed by atoms with Crippen LogP contribution in [-0.2, 0) is 21.6 Å². The molecule has 1 saturated heterocycles. The van der Waals surface area contributed by atoms with Gasteiger partial charge in [-0.2, -0.15) is 0 Å². The number of nitrogens with zero attached hydrogens (tertiary/aromatic N) is 2. The van der Waals surface area contributed by atoms with Crippen LogP contribution in [0, 0.1) is 6.92 Å². The number of carbonyl (C=O) groups is 2. The van der Waals surface area contributed by atoms with E-state index < -0.39 is 10.8 Å². The number of thioether (sulfide) groups is 1. The van der Waals surface area contributed by atoms with Gasteiger partial charge in [-0.25, -0.2) is 0 Å². The minimum absolute atomic E-state index is 0.216. The van der Waals surface area contributed by atoms with Crippen molar-refractivity contribution in [3.8, 4) is 16.9 Å². The summed E-state index contributed by atoms with van der Waals surface area (Å²) in [7, 11) is 0. The van der Waals surface area contributed by atoms with E-state index in [9.17, 15) is 9.59 Å². The first-order valence-corrected chi connectivity index (χ1v) is 18.6. The number of carbonyl (C=O) groups excluding carboxylic acids is 2. The van der Waals surface area contributed by atoms with Crippen molar-refractivity contribution in [3.05, 3.63) is 197 Å². The molecule has 0 saturated carbocycles. The first-order valence-electron chi connectivity index (χ1n) is 17.7. The van der Waals surface area contributed by atoms with Crippen molar-refractivity contribution in [1.82, 2.24) is 4.90 Å². The third-order valence-electron chi connectivity index (χ3n) is 9.51. The van der Waals surface area contributed by atoms with Crippen LogP contribution in [0.1, 0.15) is 40.3 Å². The second kappa shape index (κ2) is 16.2. The minimum Gasteiger partial charge on any atom is -0.490 e. The van der Waals surface area contributed by atoms with E-state index in [0.29, 0.717) is 18.8 Å². The van der Waals surface area contributed by atoms with Crippen LogP contribution in [0.15, 0.2) is 169 Å². The Bertz CT molecular complexity index is 2080. The second-order valence-electron chi connectivity index (χ2n) is 13.0. The molecule has 264 valence electrons. The zero-order valence-corrected chi connectivity index (χ0v) is 30.5. The summed E-state index contributed by atoms with van der Waals surface area (Å²) < 4.78 is 5.91. The molecule has 0 bridgehead atoms. The van der Waals surface area contributed by atoms with E-state index in [0.717, 1.165) is 50.9 Å². The molecule has 1 atom stereocenters. The lowest BCUT2D eigenvalue weighted by Crippen LogP contribution is -2.51. The fourth-order valence-electron chi connectivity index (χ4n) is 6.79. The summed E-state index contributed by atoms with van der Waals surface area (Å²) in [6, 6.07) is 53.8. The third kappa shape index (κ3) is 7.66. The molecule has 6 nitrogen and oxygen atoms in total. The number of oxime groups is 1. The molecule has 1 heterocycles. The fraction of sp³-hybridized carbons (Fsp3) is 0.152. The molecular weight excluding hydrogens is 677 g/mol. The van der Waals surface area contributed by atoms with Gasteiger partial charge in [0.1, 0.15) is 17.9 Å². The molecule has 6 aromatic carbocycles. The molecule has 7 heteroatoms. The molecule has 1 fully saturated rings. The van der Waals surface area contributed by atoms with Crippen LogP contribution >= 0.6 is 11.8 Å². The molecule has 0 N–H and O–H groups in total. The number of benzene rings is 6. The fourth-order valence-corrected chi connectivity index (χ4v) is 7.85. The Morgan fingerprint density at radius 1 is 0.660 bits per heavy atom. The largest absolute Gasteiger partial charge is 0.490 e. The van der Waals surface area contributed by atoms with Crippen molar-refractivity contribution in [3.63, 3.8) is 0 Å². The van der Waals surface area contributed by atoms with Gasteiger partial charge in [0.2, 0.25) is 5.91 Å². The zero-order chi connectivity index (χ0) is 36.6. The zero-order valence-electron chi connectivity index (χ0n) is 29.7. The van der Waals surface area contributed by atoms with Gasteiger partial charge in [0.25, 0.3) is 5.24 Å². The highest BCUT2D eigenvalue weighted by atomic mass is 32.2. The number of ether oxygens (including phenoxy) is 1. The number of hydrogen-bond donors (Lipinski definition) is 0. The highest BCUT2D eigenvalue weighted by molar-refractivity contribution is 8.15. The van der Waals surface area contributed by atoms with Crippen LogP contribution in [0.4, 0.5) is 4.79 Å². The molecule has 1 aliphatic heterocycles. The van der Waals surface area contributed by atoms with E-state index in [4.69, 9.17) is 9.57 Å². The molecule has 0 radical (unpaired) electrons. The van der Waals surface area contributed by atoms with Crippen LogP contribution in [0.2, 0.25) is 0 Å². The predicted octanol–water partition coefficient (Wildman–Crippen LogP) is 10.1. The van der Waals surface area contributed by atoms with E-state index in [2.05, 4.69) is 48.5 Å². The molecule has 0 aromatic heterocycles. The van der Waals surface area contributed by atoms with Gasteiger partial charge in [0, 0.05) is 0 Å². The Hall–Kier alpha value is -5.92. The second-order valence-corrected chi connectivity index (χ2v) is 14.2. The molecule has 53 heavy (non-hydrogen) atoms. The topological polar surface area (TPSA) is 68.2 Å². The minimum atomic E-state index is -1.13. The number of rotatable bonds is 13. The van der Waals surface area contributed by atoms with Gasteiger partial charge in [-0.3, -0.25) is 14.5 Å². The summed E-state index contributed by atoms with van der Waals surface area (Å²) in [4.78, 5) is 35.4. The number of imide groups is 1. The van der Waals surface area contributed by atoms with Crippen LogP contribution in [0.3, 0.4) is 0 Å². The van der Waals surface area contributed by atoms with Gasteiger partial charge in [-0.15, -0.1) is 0 Å². The number of amides is 2. The maximum Gasteiger partial charge on any atom is 0.290 e. The first-order chi connectivity index (χ1) is 25.9.